The summed E-state index contributed by atoms with van der Waals surface area (Å²) in [6.07, 6.45) is 1.89. The van der Waals surface area contributed by atoms with Crippen LogP contribution < -0.4 is 0 Å². The van der Waals surface area contributed by atoms with E-state index in [1.165, 1.54) is 54.8 Å². The van der Waals surface area contributed by atoms with E-state index in [1.54, 1.807) is 0 Å². The van der Waals surface area contributed by atoms with Crippen LogP contribution in [0, 0.1) is 0 Å². The first-order valence-electron chi connectivity index (χ1n) is 21.4. The van der Waals surface area contributed by atoms with Gasteiger partial charge in [0.25, 0.3) is 0 Å². The molecule has 0 aliphatic heterocycles. The largest absolute Gasteiger partial charge is 0.309 e. The van der Waals surface area contributed by atoms with Gasteiger partial charge in [0.15, 0.2) is 0 Å². The lowest BCUT2D eigenvalue weighted by atomic mass is 10.0. The molecule has 13 rings (SSSR count). The summed E-state index contributed by atoms with van der Waals surface area (Å²) in [7, 11) is 0. The number of hydrogen-bond acceptors (Lipinski definition) is 2. The van der Waals surface area contributed by atoms with Crippen molar-refractivity contribution in [2.24, 2.45) is 0 Å². The molecule has 0 fully saturated rings. The molecular formula is C58H37N5. The fourth-order valence-electron chi connectivity index (χ4n) is 9.84. The van der Waals surface area contributed by atoms with E-state index < -0.39 is 0 Å². The van der Waals surface area contributed by atoms with Crippen molar-refractivity contribution in [3.05, 3.63) is 225 Å². The van der Waals surface area contributed by atoms with Crippen LogP contribution in [-0.4, -0.2) is 23.7 Å². The van der Waals surface area contributed by atoms with Gasteiger partial charge >= 0.3 is 0 Å². The van der Waals surface area contributed by atoms with E-state index in [9.17, 15) is 0 Å². The summed E-state index contributed by atoms with van der Waals surface area (Å²) in [5.74, 6) is 0.637. The van der Waals surface area contributed by atoms with Gasteiger partial charge in [-0.3, -0.25) is 4.57 Å². The molecule has 0 aliphatic carbocycles. The Morgan fingerprint density at radius 1 is 0.270 bits per heavy atom. The first-order valence-corrected chi connectivity index (χ1v) is 21.4. The van der Waals surface area contributed by atoms with Crippen molar-refractivity contribution in [3.63, 3.8) is 0 Å². The Balaban J connectivity index is 0.946. The minimum Gasteiger partial charge on any atom is -0.309 e. The van der Waals surface area contributed by atoms with Crippen molar-refractivity contribution in [2.45, 2.75) is 0 Å². The molecule has 0 saturated heterocycles. The molecule has 294 valence electrons. The summed E-state index contributed by atoms with van der Waals surface area (Å²) in [5.41, 5.74) is 15.7. The lowest BCUT2D eigenvalue weighted by molar-refractivity contribution is 0.992. The van der Waals surface area contributed by atoms with Gasteiger partial charge in [-0.25, -0.2) is 9.97 Å². The van der Waals surface area contributed by atoms with E-state index in [4.69, 9.17) is 9.97 Å². The highest BCUT2D eigenvalue weighted by Crippen LogP contribution is 2.40. The van der Waals surface area contributed by atoms with Gasteiger partial charge in [-0.15, -0.1) is 0 Å². The minimum absolute atomic E-state index is 0.637. The van der Waals surface area contributed by atoms with Crippen LogP contribution in [0.1, 0.15) is 0 Å². The Morgan fingerprint density at radius 3 is 1.37 bits per heavy atom. The van der Waals surface area contributed by atoms with Crippen LogP contribution >= 0.6 is 0 Å². The number of aromatic nitrogens is 5. The average Bonchev–Trinajstić information content (AvgIpc) is 3.99. The fourth-order valence-corrected chi connectivity index (χ4v) is 9.84. The van der Waals surface area contributed by atoms with Crippen LogP contribution in [0.15, 0.2) is 225 Å². The molecule has 0 saturated carbocycles. The summed E-state index contributed by atoms with van der Waals surface area (Å²) in [5, 5.41) is 7.18. The van der Waals surface area contributed by atoms with E-state index in [0.29, 0.717) is 5.95 Å². The smallest absolute Gasteiger partial charge is 0.235 e. The Kier molecular flexibility index (Phi) is 7.84. The number of para-hydroxylation sites is 4. The van der Waals surface area contributed by atoms with Crippen molar-refractivity contribution in [3.8, 4) is 50.8 Å². The number of rotatable bonds is 6. The average molecular weight is 804 g/mol. The first kappa shape index (κ1) is 35.2. The summed E-state index contributed by atoms with van der Waals surface area (Å²) in [4.78, 5) is 10.2. The molecule has 0 N–H and O–H groups in total. The molecular weight excluding hydrogens is 767 g/mol. The molecule has 13 aromatic rings. The van der Waals surface area contributed by atoms with Crippen LogP contribution in [0.2, 0.25) is 0 Å². The molecule has 0 atom stereocenters. The Labute approximate surface area is 363 Å². The molecule has 5 nitrogen and oxygen atoms in total. The summed E-state index contributed by atoms with van der Waals surface area (Å²) >= 11 is 0. The second kappa shape index (κ2) is 14.0. The van der Waals surface area contributed by atoms with Crippen molar-refractivity contribution in [2.75, 3.05) is 0 Å². The lowest BCUT2D eigenvalue weighted by Gasteiger charge is -2.10. The van der Waals surface area contributed by atoms with E-state index >= 15 is 0 Å². The van der Waals surface area contributed by atoms with Gasteiger partial charge in [-0.05, 0) is 107 Å². The van der Waals surface area contributed by atoms with Crippen molar-refractivity contribution in [1.29, 1.82) is 0 Å². The molecule has 9 aromatic carbocycles. The van der Waals surface area contributed by atoms with Gasteiger partial charge in [0.2, 0.25) is 5.95 Å². The zero-order valence-electron chi connectivity index (χ0n) is 34.1. The third kappa shape index (κ3) is 5.57. The number of hydrogen-bond donors (Lipinski definition) is 0. The van der Waals surface area contributed by atoms with Crippen molar-refractivity contribution in [1.82, 2.24) is 23.7 Å². The van der Waals surface area contributed by atoms with Gasteiger partial charge in [-0.1, -0.05) is 133 Å². The normalized spacial score (nSPS) is 11.8. The highest BCUT2D eigenvalue weighted by Gasteiger charge is 2.19. The zero-order chi connectivity index (χ0) is 41.4. The Bertz CT molecular complexity index is 3900. The molecule has 0 amide bonds. The molecule has 0 radical (unpaired) electrons. The number of fused-ring (bicyclic) bond motifs is 9. The minimum atomic E-state index is 0.637. The van der Waals surface area contributed by atoms with Crippen LogP contribution in [0.5, 0.6) is 0 Å². The van der Waals surface area contributed by atoms with Gasteiger partial charge in [-0.2, -0.15) is 0 Å². The highest BCUT2D eigenvalue weighted by atomic mass is 15.2. The van der Waals surface area contributed by atoms with E-state index in [-0.39, 0.29) is 0 Å². The second-order valence-electron chi connectivity index (χ2n) is 16.2. The predicted molar refractivity (Wildman–Crippen MR) is 261 cm³/mol. The standard InChI is InChI=1S/C58H37N5/c1-4-14-38(15-5-1)39-25-29-54-49(34-39)50-36-42(27-31-55(50)61(54)43-16-6-2-7-17-43)51-32-33-59-58(60-51)63-53-23-13-11-21-46(53)48-35-40(26-30-56(48)63)41-24-28-47-45-20-10-12-22-52(45)62(57(47)37-41)44-18-8-3-9-19-44/h1-37H. The van der Waals surface area contributed by atoms with E-state index in [1.807, 2.05) is 12.3 Å². The maximum atomic E-state index is 5.32. The maximum absolute atomic E-state index is 5.32. The molecule has 0 unspecified atom stereocenters. The number of benzene rings is 9. The monoisotopic (exact) mass is 803 g/mol. The number of nitrogens with zero attached hydrogens (tertiary/aromatic N) is 5. The first-order chi connectivity index (χ1) is 31.2. The third-order valence-electron chi connectivity index (χ3n) is 12.7. The summed E-state index contributed by atoms with van der Waals surface area (Å²) in [6.45, 7) is 0. The molecule has 63 heavy (non-hydrogen) atoms. The molecule has 0 spiro atoms. The quantitative estimate of drug-likeness (QED) is 0.168. The molecule has 5 heteroatoms. The highest BCUT2D eigenvalue weighted by molar-refractivity contribution is 6.13. The predicted octanol–water partition coefficient (Wildman–Crippen LogP) is 14.8. The van der Waals surface area contributed by atoms with Crippen LogP contribution in [0.4, 0.5) is 0 Å². The SMILES string of the molecule is c1ccc(-c2ccc3c(c2)c2cc(-c4ccnc(-n5c6ccccc6c6cc(-c7ccc8c9ccccc9n(-c9ccccc9)c8c7)ccc65)n4)ccc2n3-c2ccccc2)cc1. The lowest BCUT2D eigenvalue weighted by Crippen LogP contribution is -2.01. The van der Waals surface area contributed by atoms with E-state index in [2.05, 4.69) is 226 Å². The van der Waals surface area contributed by atoms with Crippen LogP contribution in [-0.2, 0) is 0 Å². The van der Waals surface area contributed by atoms with Gasteiger partial charge in [0.05, 0.1) is 38.8 Å². The maximum Gasteiger partial charge on any atom is 0.235 e. The molecule has 0 bridgehead atoms. The van der Waals surface area contributed by atoms with Crippen molar-refractivity contribution >= 4 is 65.4 Å². The van der Waals surface area contributed by atoms with E-state index in [0.717, 1.165) is 55.5 Å². The molecule has 0 aliphatic rings. The van der Waals surface area contributed by atoms with Gasteiger partial charge < -0.3 is 9.13 Å². The van der Waals surface area contributed by atoms with Crippen LogP contribution in [0.25, 0.3) is 116 Å². The van der Waals surface area contributed by atoms with Gasteiger partial charge in [0, 0.05) is 55.5 Å². The van der Waals surface area contributed by atoms with Crippen molar-refractivity contribution < 1.29 is 0 Å². The molecule has 4 heterocycles. The Hall–Kier alpha value is -8.54. The molecule has 4 aromatic heterocycles. The van der Waals surface area contributed by atoms with Gasteiger partial charge in [0.1, 0.15) is 0 Å². The zero-order valence-corrected chi connectivity index (χ0v) is 34.1. The third-order valence-corrected chi connectivity index (χ3v) is 12.7. The van der Waals surface area contributed by atoms with Crippen LogP contribution in [0.3, 0.4) is 0 Å². The Morgan fingerprint density at radius 2 is 0.698 bits per heavy atom. The summed E-state index contributed by atoms with van der Waals surface area (Å²) < 4.78 is 6.95. The second-order valence-corrected chi connectivity index (χ2v) is 16.2. The fraction of sp³-hybridized carbons (Fsp3) is 0. The topological polar surface area (TPSA) is 40.6 Å². The summed E-state index contributed by atoms with van der Waals surface area (Å²) in [6, 6.07) is 78.4.